The fourth-order valence-corrected chi connectivity index (χ4v) is 2.66. The van der Waals surface area contributed by atoms with Crippen molar-refractivity contribution >= 4 is 22.6 Å². The van der Waals surface area contributed by atoms with E-state index in [4.69, 9.17) is 9.47 Å². The average molecular weight is 375 g/mol. The van der Waals surface area contributed by atoms with Gasteiger partial charge in [0.05, 0.1) is 12.0 Å². The Morgan fingerprint density at radius 3 is 2.48 bits per heavy atom. The topological polar surface area (TPSA) is 99.5 Å². The number of aromatic nitrogens is 2. The molecule has 1 N–H and O–H groups in total. The first-order valence-electron chi connectivity index (χ1n) is 8.78. The van der Waals surface area contributed by atoms with E-state index in [0.29, 0.717) is 23.9 Å². The highest BCUT2D eigenvalue weighted by molar-refractivity contribution is 6.02. The molecule has 8 nitrogen and oxygen atoms in total. The number of nitrogens with zero attached hydrogens (tertiary/aromatic N) is 2. The monoisotopic (exact) mass is 375 g/mol. The molecule has 2 rings (SSSR count). The SMILES string of the molecule is COC[C@@H](C)NC(=O)COC(=O)c1nn(CC(C)C)c(=O)c2ccccc12. The van der Waals surface area contributed by atoms with Gasteiger partial charge in [0.2, 0.25) is 0 Å². The summed E-state index contributed by atoms with van der Waals surface area (Å²) in [5, 5.41) is 7.63. The summed E-state index contributed by atoms with van der Waals surface area (Å²) in [6.45, 7) is 5.97. The predicted octanol–water partition coefficient (Wildman–Crippen LogP) is 1.36. The van der Waals surface area contributed by atoms with E-state index in [1.54, 1.807) is 31.2 Å². The van der Waals surface area contributed by atoms with E-state index in [1.807, 2.05) is 13.8 Å². The van der Waals surface area contributed by atoms with Gasteiger partial charge in [-0.25, -0.2) is 9.48 Å². The van der Waals surface area contributed by atoms with Crippen molar-refractivity contribution in [3.05, 3.63) is 40.3 Å². The minimum Gasteiger partial charge on any atom is -0.451 e. The van der Waals surface area contributed by atoms with Crippen molar-refractivity contribution in [2.24, 2.45) is 5.92 Å². The number of hydrogen-bond acceptors (Lipinski definition) is 6. The van der Waals surface area contributed by atoms with Crippen LogP contribution in [0.5, 0.6) is 0 Å². The van der Waals surface area contributed by atoms with Gasteiger partial charge in [0.25, 0.3) is 11.5 Å². The molecule has 1 atom stereocenters. The Balaban J connectivity index is 2.23. The van der Waals surface area contributed by atoms with E-state index >= 15 is 0 Å². The third-order valence-electron chi connectivity index (χ3n) is 3.76. The number of nitrogens with one attached hydrogen (secondary N) is 1. The van der Waals surface area contributed by atoms with Gasteiger partial charge in [0.1, 0.15) is 0 Å². The van der Waals surface area contributed by atoms with E-state index < -0.39 is 18.5 Å². The number of fused-ring (bicyclic) bond motifs is 1. The zero-order chi connectivity index (χ0) is 20.0. The highest BCUT2D eigenvalue weighted by Gasteiger charge is 2.19. The number of rotatable bonds is 8. The molecule has 0 fully saturated rings. The van der Waals surface area contributed by atoms with Crippen LogP contribution in [0.25, 0.3) is 10.8 Å². The molecule has 0 spiro atoms. The largest absolute Gasteiger partial charge is 0.451 e. The smallest absolute Gasteiger partial charge is 0.359 e. The minimum atomic E-state index is -0.752. The molecule has 1 aromatic carbocycles. The summed E-state index contributed by atoms with van der Waals surface area (Å²) >= 11 is 0. The number of benzene rings is 1. The van der Waals surface area contributed by atoms with E-state index in [9.17, 15) is 14.4 Å². The number of methoxy groups -OCH3 is 1. The molecular weight excluding hydrogens is 350 g/mol. The minimum absolute atomic E-state index is 0.0172. The van der Waals surface area contributed by atoms with Gasteiger partial charge in [-0.3, -0.25) is 9.59 Å². The Morgan fingerprint density at radius 1 is 1.19 bits per heavy atom. The van der Waals surface area contributed by atoms with Gasteiger partial charge in [-0.2, -0.15) is 5.10 Å². The first-order chi connectivity index (χ1) is 12.8. The lowest BCUT2D eigenvalue weighted by Crippen LogP contribution is -2.38. The van der Waals surface area contributed by atoms with Gasteiger partial charge in [0, 0.05) is 25.1 Å². The van der Waals surface area contributed by atoms with Crippen molar-refractivity contribution in [3.63, 3.8) is 0 Å². The van der Waals surface area contributed by atoms with Crippen molar-refractivity contribution in [2.75, 3.05) is 20.3 Å². The molecule has 0 aliphatic carbocycles. The summed E-state index contributed by atoms with van der Waals surface area (Å²) in [5.41, 5.74) is -0.245. The molecule has 1 heterocycles. The van der Waals surface area contributed by atoms with Crippen LogP contribution in [-0.4, -0.2) is 48.0 Å². The summed E-state index contributed by atoms with van der Waals surface area (Å²) in [6.07, 6.45) is 0. The third-order valence-corrected chi connectivity index (χ3v) is 3.76. The molecule has 0 unspecified atom stereocenters. The molecule has 0 radical (unpaired) electrons. The van der Waals surface area contributed by atoms with Gasteiger partial charge >= 0.3 is 5.97 Å². The van der Waals surface area contributed by atoms with E-state index in [-0.39, 0.29) is 23.2 Å². The molecule has 146 valence electrons. The van der Waals surface area contributed by atoms with Crippen LogP contribution in [0.3, 0.4) is 0 Å². The van der Waals surface area contributed by atoms with Crippen LogP contribution in [-0.2, 0) is 20.8 Å². The van der Waals surface area contributed by atoms with E-state index in [0.717, 1.165) is 0 Å². The lowest BCUT2D eigenvalue weighted by atomic mass is 10.1. The summed E-state index contributed by atoms with van der Waals surface area (Å²) in [7, 11) is 1.53. The Hall–Kier alpha value is -2.74. The Kier molecular flexibility index (Phi) is 7.06. The molecule has 2 aromatic rings. The average Bonchev–Trinajstić information content (AvgIpc) is 2.62. The summed E-state index contributed by atoms with van der Waals surface area (Å²) in [4.78, 5) is 37.0. The van der Waals surface area contributed by atoms with Gasteiger partial charge in [-0.15, -0.1) is 0 Å². The second-order valence-electron chi connectivity index (χ2n) is 6.78. The second-order valence-corrected chi connectivity index (χ2v) is 6.78. The van der Waals surface area contributed by atoms with Crippen LogP contribution in [0.4, 0.5) is 0 Å². The zero-order valence-corrected chi connectivity index (χ0v) is 16.0. The van der Waals surface area contributed by atoms with Gasteiger partial charge in [-0.05, 0) is 18.9 Å². The van der Waals surface area contributed by atoms with Gasteiger partial charge in [-0.1, -0.05) is 32.0 Å². The third kappa shape index (κ3) is 5.37. The summed E-state index contributed by atoms with van der Waals surface area (Å²) in [6, 6.07) is 6.52. The van der Waals surface area contributed by atoms with Crippen molar-refractivity contribution in [1.82, 2.24) is 15.1 Å². The normalized spacial score (nSPS) is 12.2. The summed E-state index contributed by atoms with van der Waals surface area (Å²) in [5.74, 6) is -1.01. The predicted molar refractivity (Wildman–Crippen MR) is 101 cm³/mol. The number of esters is 1. The Bertz CT molecular complexity index is 875. The maximum atomic E-state index is 12.6. The maximum absolute atomic E-state index is 12.6. The lowest BCUT2D eigenvalue weighted by Gasteiger charge is -2.14. The number of carbonyl (C=O) groups is 2. The molecule has 0 aliphatic heterocycles. The zero-order valence-electron chi connectivity index (χ0n) is 16.0. The summed E-state index contributed by atoms with van der Waals surface area (Å²) < 4.78 is 11.3. The number of hydrogen-bond donors (Lipinski definition) is 1. The van der Waals surface area contributed by atoms with E-state index in [1.165, 1.54) is 11.8 Å². The first kappa shape index (κ1) is 20.6. The maximum Gasteiger partial charge on any atom is 0.359 e. The molecule has 27 heavy (non-hydrogen) atoms. The first-order valence-corrected chi connectivity index (χ1v) is 8.78. The molecule has 0 saturated heterocycles. The van der Waals surface area contributed by atoms with Crippen LogP contribution >= 0.6 is 0 Å². The molecule has 0 saturated carbocycles. The van der Waals surface area contributed by atoms with Crippen molar-refractivity contribution in [2.45, 2.75) is 33.4 Å². The van der Waals surface area contributed by atoms with Crippen LogP contribution in [0.1, 0.15) is 31.3 Å². The second kappa shape index (κ2) is 9.27. The fourth-order valence-electron chi connectivity index (χ4n) is 2.66. The van der Waals surface area contributed by atoms with Crippen molar-refractivity contribution < 1.29 is 19.1 Å². The standard InChI is InChI=1S/C19H25N3O5/c1-12(2)9-22-18(24)15-8-6-5-7-14(15)17(21-22)19(25)27-11-16(23)20-13(3)10-26-4/h5-8,12-13H,9-11H2,1-4H3,(H,20,23)/t13-/m1/s1. The molecule has 1 aromatic heterocycles. The molecule has 0 aliphatic rings. The molecule has 0 bridgehead atoms. The van der Waals surface area contributed by atoms with E-state index in [2.05, 4.69) is 10.4 Å². The van der Waals surface area contributed by atoms with Crippen LogP contribution < -0.4 is 10.9 Å². The molecular formula is C19H25N3O5. The van der Waals surface area contributed by atoms with Crippen LogP contribution in [0.15, 0.2) is 29.1 Å². The van der Waals surface area contributed by atoms with Crippen molar-refractivity contribution in [3.8, 4) is 0 Å². The Labute approximate surface area is 157 Å². The number of amides is 1. The molecule has 8 heteroatoms. The highest BCUT2D eigenvalue weighted by atomic mass is 16.5. The number of carbonyl (C=O) groups excluding carboxylic acids is 2. The number of ether oxygens (including phenoxy) is 2. The molecule has 1 amide bonds. The van der Waals surface area contributed by atoms with Gasteiger partial charge in [0.15, 0.2) is 12.3 Å². The lowest BCUT2D eigenvalue weighted by molar-refractivity contribution is -0.125. The quantitative estimate of drug-likeness (QED) is 0.700. The van der Waals surface area contributed by atoms with Crippen LogP contribution in [0, 0.1) is 5.92 Å². The fraction of sp³-hybridized carbons (Fsp3) is 0.474. The highest BCUT2D eigenvalue weighted by Crippen LogP contribution is 2.14. The van der Waals surface area contributed by atoms with Gasteiger partial charge < -0.3 is 14.8 Å². The van der Waals surface area contributed by atoms with Crippen molar-refractivity contribution in [1.29, 1.82) is 0 Å². The van der Waals surface area contributed by atoms with Crippen LogP contribution in [0.2, 0.25) is 0 Å². The Morgan fingerprint density at radius 2 is 1.85 bits per heavy atom.